The molecule has 0 aliphatic carbocycles. The molecule has 0 radical (unpaired) electrons. The zero-order valence-corrected chi connectivity index (χ0v) is 20.5. The van der Waals surface area contributed by atoms with E-state index in [9.17, 15) is 14.4 Å². The van der Waals surface area contributed by atoms with E-state index in [0.717, 1.165) is 24.8 Å². The predicted octanol–water partition coefficient (Wildman–Crippen LogP) is 3.76. The van der Waals surface area contributed by atoms with Crippen molar-refractivity contribution in [3.05, 3.63) is 77.9 Å². The van der Waals surface area contributed by atoms with Gasteiger partial charge >= 0.3 is 0 Å². The summed E-state index contributed by atoms with van der Waals surface area (Å²) in [4.78, 5) is 39.9. The first kappa shape index (κ1) is 25.4. The number of likely N-dealkylation sites (tertiary alicyclic amines) is 1. The summed E-state index contributed by atoms with van der Waals surface area (Å²) in [6, 6.07) is 21.3. The summed E-state index contributed by atoms with van der Waals surface area (Å²) in [6.07, 6.45) is 4.08. The molecule has 7 heteroatoms. The van der Waals surface area contributed by atoms with Crippen molar-refractivity contribution < 1.29 is 14.4 Å². The highest BCUT2D eigenvalue weighted by Crippen LogP contribution is 2.18. The number of hydrogen-bond donors (Lipinski definition) is 3. The van der Waals surface area contributed by atoms with E-state index >= 15 is 0 Å². The fourth-order valence-corrected chi connectivity index (χ4v) is 4.66. The fraction of sp³-hybridized carbons (Fsp3) is 0.345. The number of fused-ring (bicyclic) bond motifs is 1. The Labute approximate surface area is 212 Å². The van der Waals surface area contributed by atoms with Gasteiger partial charge < -0.3 is 21.3 Å². The van der Waals surface area contributed by atoms with Gasteiger partial charge in [-0.25, -0.2) is 0 Å². The van der Waals surface area contributed by atoms with Crippen molar-refractivity contribution in [1.29, 1.82) is 0 Å². The van der Waals surface area contributed by atoms with Gasteiger partial charge in [0.1, 0.15) is 6.04 Å². The largest absolute Gasteiger partial charge is 0.344 e. The lowest BCUT2D eigenvalue weighted by Gasteiger charge is -2.24. The molecule has 4 N–H and O–H groups in total. The fourth-order valence-electron chi connectivity index (χ4n) is 4.66. The molecule has 0 bridgehead atoms. The monoisotopic (exact) mass is 486 g/mol. The second kappa shape index (κ2) is 12.3. The van der Waals surface area contributed by atoms with Crippen LogP contribution in [-0.2, 0) is 27.3 Å². The van der Waals surface area contributed by atoms with Gasteiger partial charge in [-0.15, -0.1) is 0 Å². The maximum Gasteiger partial charge on any atom is 0.245 e. The highest BCUT2D eigenvalue weighted by atomic mass is 16.2. The maximum absolute atomic E-state index is 13.1. The molecule has 7 nitrogen and oxygen atoms in total. The third kappa shape index (κ3) is 6.92. The lowest BCUT2D eigenvalue weighted by molar-refractivity contribution is -0.138. The van der Waals surface area contributed by atoms with Crippen LogP contribution in [0.25, 0.3) is 10.8 Å². The van der Waals surface area contributed by atoms with Crippen LogP contribution in [0.15, 0.2) is 66.7 Å². The molecular formula is C29H34N4O3. The van der Waals surface area contributed by atoms with E-state index in [2.05, 4.69) is 41.0 Å². The average Bonchev–Trinajstić information content (AvgIpc) is 3.05. The van der Waals surface area contributed by atoms with E-state index in [1.165, 1.54) is 16.3 Å². The number of nitrogens with one attached hydrogen (secondary N) is 2. The third-order valence-corrected chi connectivity index (χ3v) is 6.58. The van der Waals surface area contributed by atoms with E-state index in [-0.39, 0.29) is 24.3 Å². The number of benzene rings is 3. The maximum atomic E-state index is 13.1. The van der Waals surface area contributed by atoms with Crippen molar-refractivity contribution in [2.75, 3.05) is 18.4 Å². The number of anilines is 1. The molecule has 0 saturated carbocycles. The summed E-state index contributed by atoms with van der Waals surface area (Å²) in [5, 5.41) is 8.15. The summed E-state index contributed by atoms with van der Waals surface area (Å²) < 4.78 is 0. The van der Waals surface area contributed by atoms with Crippen molar-refractivity contribution in [1.82, 2.24) is 10.2 Å². The average molecular weight is 487 g/mol. The van der Waals surface area contributed by atoms with Gasteiger partial charge in [-0.2, -0.15) is 0 Å². The van der Waals surface area contributed by atoms with Crippen molar-refractivity contribution >= 4 is 34.2 Å². The Morgan fingerprint density at radius 2 is 1.75 bits per heavy atom. The normalized spacial score (nSPS) is 16.0. The second-order valence-electron chi connectivity index (χ2n) is 9.36. The van der Waals surface area contributed by atoms with E-state index in [1.807, 2.05) is 30.3 Å². The molecule has 3 aromatic carbocycles. The van der Waals surface area contributed by atoms with Gasteiger partial charge in [0.2, 0.25) is 17.7 Å². The first-order valence-corrected chi connectivity index (χ1v) is 12.7. The van der Waals surface area contributed by atoms with Crippen molar-refractivity contribution in [2.45, 2.75) is 51.1 Å². The molecule has 1 fully saturated rings. The number of carbonyl (C=O) groups is 3. The molecule has 1 heterocycles. The Kier molecular flexibility index (Phi) is 8.68. The quantitative estimate of drug-likeness (QED) is 0.428. The van der Waals surface area contributed by atoms with E-state index in [0.29, 0.717) is 38.0 Å². The van der Waals surface area contributed by atoms with Crippen molar-refractivity contribution in [2.24, 2.45) is 5.73 Å². The first-order chi connectivity index (χ1) is 17.5. The number of aryl methyl sites for hydroxylation is 1. The van der Waals surface area contributed by atoms with E-state index < -0.39 is 6.04 Å². The molecule has 188 valence electrons. The highest BCUT2D eigenvalue weighted by molar-refractivity contribution is 5.96. The molecule has 1 aliphatic rings. The molecule has 1 unspecified atom stereocenters. The zero-order chi connectivity index (χ0) is 25.3. The van der Waals surface area contributed by atoms with Crippen LogP contribution < -0.4 is 16.4 Å². The SMILES string of the molecule is NCc1cccc(NC(=O)CN2CCCCC(NC(=O)CCCc3ccc4ccccc4c3)C2=O)c1. The van der Waals surface area contributed by atoms with Crippen molar-refractivity contribution in [3.8, 4) is 0 Å². The Hall–Kier alpha value is -3.71. The molecule has 1 saturated heterocycles. The third-order valence-electron chi connectivity index (χ3n) is 6.58. The minimum Gasteiger partial charge on any atom is -0.344 e. The zero-order valence-electron chi connectivity index (χ0n) is 20.5. The molecule has 36 heavy (non-hydrogen) atoms. The lowest BCUT2D eigenvalue weighted by atomic mass is 10.0. The summed E-state index contributed by atoms with van der Waals surface area (Å²) in [5.41, 5.74) is 8.44. The number of rotatable bonds is 9. The van der Waals surface area contributed by atoms with Crippen LogP contribution in [-0.4, -0.2) is 41.8 Å². The van der Waals surface area contributed by atoms with Crippen molar-refractivity contribution in [3.63, 3.8) is 0 Å². The number of nitrogens with zero attached hydrogens (tertiary/aromatic N) is 1. The molecule has 4 rings (SSSR count). The molecule has 0 spiro atoms. The topological polar surface area (TPSA) is 105 Å². The minimum atomic E-state index is -0.589. The van der Waals surface area contributed by atoms with Crippen LogP contribution >= 0.6 is 0 Å². The Morgan fingerprint density at radius 1 is 0.917 bits per heavy atom. The molecule has 1 atom stereocenters. The van der Waals surface area contributed by atoms with Gasteiger partial charge in [0.25, 0.3) is 0 Å². The van der Waals surface area contributed by atoms with Gasteiger partial charge in [-0.3, -0.25) is 14.4 Å². The first-order valence-electron chi connectivity index (χ1n) is 12.7. The summed E-state index contributed by atoms with van der Waals surface area (Å²) >= 11 is 0. The van der Waals surface area contributed by atoms with Crippen LogP contribution in [0, 0.1) is 0 Å². The van der Waals surface area contributed by atoms with Gasteiger partial charge in [0.15, 0.2) is 0 Å². The van der Waals surface area contributed by atoms with Gasteiger partial charge in [-0.1, -0.05) is 54.6 Å². The number of nitrogens with two attached hydrogens (primary N) is 1. The number of hydrogen-bond acceptors (Lipinski definition) is 4. The smallest absolute Gasteiger partial charge is 0.245 e. The van der Waals surface area contributed by atoms with Crippen LogP contribution in [0.3, 0.4) is 0 Å². The Morgan fingerprint density at radius 3 is 2.58 bits per heavy atom. The molecule has 3 aromatic rings. The summed E-state index contributed by atoms with van der Waals surface area (Å²) in [7, 11) is 0. The Bertz CT molecular complexity index is 1230. The summed E-state index contributed by atoms with van der Waals surface area (Å²) in [5.74, 6) is -0.583. The lowest BCUT2D eigenvalue weighted by Crippen LogP contribution is -2.49. The molecule has 1 aliphatic heterocycles. The minimum absolute atomic E-state index is 0.0416. The van der Waals surface area contributed by atoms with Crippen LogP contribution in [0.2, 0.25) is 0 Å². The Balaban J connectivity index is 1.26. The highest BCUT2D eigenvalue weighted by Gasteiger charge is 2.29. The number of amides is 3. The number of carbonyl (C=O) groups excluding carboxylic acids is 3. The molecular weight excluding hydrogens is 452 g/mol. The van der Waals surface area contributed by atoms with Crippen LogP contribution in [0.5, 0.6) is 0 Å². The van der Waals surface area contributed by atoms with E-state index in [1.54, 1.807) is 11.0 Å². The second-order valence-corrected chi connectivity index (χ2v) is 9.36. The van der Waals surface area contributed by atoms with Gasteiger partial charge in [0, 0.05) is 25.2 Å². The van der Waals surface area contributed by atoms with Crippen LogP contribution in [0.1, 0.15) is 43.2 Å². The van der Waals surface area contributed by atoms with Gasteiger partial charge in [0.05, 0.1) is 6.54 Å². The van der Waals surface area contributed by atoms with Crippen LogP contribution in [0.4, 0.5) is 5.69 Å². The summed E-state index contributed by atoms with van der Waals surface area (Å²) in [6.45, 7) is 0.849. The van der Waals surface area contributed by atoms with E-state index in [4.69, 9.17) is 5.73 Å². The molecule has 3 amide bonds. The molecule has 0 aromatic heterocycles. The predicted molar refractivity (Wildman–Crippen MR) is 142 cm³/mol. The standard InChI is InChI=1S/C29H34N4O3/c30-19-22-8-5-11-25(18-22)31-28(35)20-33-16-4-3-12-26(29(33)36)32-27(34)13-6-7-21-14-15-23-9-1-2-10-24(23)17-21/h1-2,5,8-11,14-15,17-18,26H,3-4,6-7,12-13,16,19-20,30H2,(H,31,35)(H,32,34). The van der Waals surface area contributed by atoms with Gasteiger partial charge in [-0.05, 0) is 66.1 Å².